The minimum atomic E-state index is 0.0614. The molecule has 2 amide bonds. The van der Waals surface area contributed by atoms with Crippen LogP contribution >= 0.6 is 0 Å². The molecule has 0 spiro atoms. The van der Waals surface area contributed by atoms with Crippen molar-refractivity contribution in [1.82, 2.24) is 15.1 Å². The van der Waals surface area contributed by atoms with E-state index in [1.165, 1.54) is 18.4 Å². The number of nitrogens with zero attached hydrogens (tertiary/aromatic N) is 2. The fourth-order valence-electron chi connectivity index (χ4n) is 3.97. The largest absolute Gasteiger partial charge is 0.396 e. The Labute approximate surface area is 151 Å². The summed E-state index contributed by atoms with van der Waals surface area (Å²) >= 11 is 0. The van der Waals surface area contributed by atoms with Gasteiger partial charge in [-0.25, -0.2) is 4.79 Å². The predicted molar refractivity (Wildman–Crippen MR) is 99.5 cm³/mol. The normalized spacial score (nSPS) is 22.3. The van der Waals surface area contributed by atoms with E-state index >= 15 is 0 Å². The summed E-state index contributed by atoms with van der Waals surface area (Å²) in [4.78, 5) is 16.8. The lowest BCUT2D eigenvalue weighted by molar-refractivity contribution is 0.135. The molecule has 0 bridgehead atoms. The van der Waals surface area contributed by atoms with Crippen molar-refractivity contribution >= 4 is 6.03 Å². The molecule has 0 unspecified atom stereocenters. The van der Waals surface area contributed by atoms with Gasteiger partial charge in [-0.15, -0.1) is 0 Å². The Kier molecular flexibility index (Phi) is 6.70. The molecule has 5 nitrogen and oxygen atoms in total. The molecule has 2 heterocycles. The first kappa shape index (κ1) is 18.2. The summed E-state index contributed by atoms with van der Waals surface area (Å²) in [6, 6.07) is 11.1. The van der Waals surface area contributed by atoms with Crippen molar-refractivity contribution in [2.24, 2.45) is 5.92 Å². The molecule has 25 heavy (non-hydrogen) atoms. The van der Waals surface area contributed by atoms with Crippen LogP contribution in [0, 0.1) is 5.92 Å². The fraction of sp³-hybridized carbons (Fsp3) is 0.650. The van der Waals surface area contributed by atoms with E-state index in [-0.39, 0.29) is 12.6 Å². The van der Waals surface area contributed by atoms with E-state index in [9.17, 15) is 9.90 Å². The number of likely N-dealkylation sites (tertiary alicyclic amines) is 2. The van der Waals surface area contributed by atoms with E-state index in [0.717, 1.165) is 52.0 Å². The lowest BCUT2D eigenvalue weighted by atomic mass is 9.98. The van der Waals surface area contributed by atoms with Gasteiger partial charge in [0.2, 0.25) is 0 Å². The fourth-order valence-corrected chi connectivity index (χ4v) is 3.97. The first-order valence-electron chi connectivity index (χ1n) is 9.68. The first-order chi connectivity index (χ1) is 12.3. The van der Waals surface area contributed by atoms with Gasteiger partial charge in [-0.2, -0.15) is 0 Å². The zero-order valence-corrected chi connectivity index (χ0v) is 15.1. The number of benzene rings is 1. The van der Waals surface area contributed by atoms with E-state index in [2.05, 4.69) is 40.5 Å². The van der Waals surface area contributed by atoms with Gasteiger partial charge >= 0.3 is 6.03 Å². The van der Waals surface area contributed by atoms with Crippen LogP contribution in [0.5, 0.6) is 0 Å². The van der Waals surface area contributed by atoms with Gasteiger partial charge in [0.25, 0.3) is 0 Å². The monoisotopic (exact) mass is 345 g/mol. The standard InChI is InChI=1S/C20H31N3O2/c24-16-18-9-13-23(14-10-18)20(25)21-15-19-7-4-11-22(19)12-8-17-5-2-1-3-6-17/h1-3,5-6,18-19,24H,4,7-16H2,(H,21,25)/t19-/m1/s1. The number of rotatable bonds is 6. The highest BCUT2D eigenvalue weighted by atomic mass is 16.3. The summed E-state index contributed by atoms with van der Waals surface area (Å²) in [6.45, 7) is 4.71. The maximum absolute atomic E-state index is 12.4. The van der Waals surface area contributed by atoms with Gasteiger partial charge < -0.3 is 15.3 Å². The third-order valence-electron chi connectivity index (χ3n) is 5.68. The third-order valence-corrected chi connectivity index (χ3v) is 5.68. The molecule has 2 aliphatic heterocycles. The number of aliphatic hydroxyl groups excluding tert-OH is 1. The summed E-state index contributed by atoms with van der Waals surface area (Å²) in [5.74, 6) is 0.368. The quantitative estimate of drug-likeness (QED) is 0.830. The summed E-state index contributed by atoms with van der Waals surface area (Å²) in [5.41, 5.74) is 1.38. The molecule has 2 fully saturated rings. The zero-order chi connectivity index (χ0) is 17.5. The molecule has 1 aromatic rings. The second kappa shape index (κ2) is 9.20. The average Bonchev–Trinajstić information content (AvgIpc) is 3.13. The van der Waals surface area contributed by atoms with Gasteiger partial charge in [-0.05, 0) is 50.1 Å². The molecule has 5 heteroatoms. The minimum Gasteiger partial charge on any atom is -0.396 e. The molecule has 2 aliphatic rings. The molecule has 0 aromatic heterocycles. The second-order valence-electron chi connectivity index (χ2n) is 7.37. The van der Waals surface area contributed by atoms with Crippen molar-refractivity contribution in [1.29, 1.82) is 0 Å². The molecule has 2 N–H and O–H groups in total. The van der Waals surface area contributed by atoms with Crippen LogP contribution < -0.4 is 5.32 Å². The number of carbonyl (C=O) groups excluding carboxylic acids is 1. The number of urea groups is 1. The van der Waals surface area contributed by atoms with Crippen LogP contribution in [0.1, 0.15) is 31.2 Å². The van der Waals surface area contributed by atoms with Crippen LogP contribution in [-0.4, -0.2) is 66.3 Å². The van der Waals surface area contributed by atoms with E-state index in [1.807, 2.05) is 4.90 Å². The number of aliphatic hydroxyl groups is 1. The highest BCUT2D eigenvalue weighted by molar-refractivity contribution is 5.74. The van der Waals surface area contributed by atoms with Gasteiger partial charge in [0.1, 0.15) is 0 Å². The predicted octanol–water partition coefficient (Wildman–Crippen LogP) is 2.11. The van der Waals surface area contributed by atoms with Crippen molar-refractivity contribution in [3.8, 4) is 0 Å². The zero-order valence-electron chi connectivity index (χ0n) is 15.1. The SMILES string of the molecule is O=C(NC[C@H]1CCCN1CCc1ccccc1)N1CCC(CO)CC1. The van der Waals surface area contributed by atoms with Gasteiger partial charge in [-0.3, -0.25) is 4.90 Å². The second-order valence-corrected chi connectivity index (χ2v) is 7.37. The van der Waals surface area contributed by atoms with Crippen LogP contribution in [0.15, 0.2) is 30.3 Å². The number of nitrogens with one attached hydrogen (secondary N) is 1. The van der Waals surface area contributed by atoms with Gasteiger partial charge in [0.15, 0.2) is 0 Å². The van der Waals surface area contributed by atoms with Crippen molar-refractivity contribution in [3.63, 3.8) is 0 Å². The first-order valence-corrected chi connectivity index (χ1v) is 9.68. The summed E-state index contributed by atoms with van der Waals surface area (Å²) < 4.78 is 0. The van der Waals surface area contributed by atoms with E-state index in [4.69, 9.17) is 0 Å². The maximum Gasteiger partial charge on any atom is 0.317 e. The summed E-state index contributed by atoms with van der Waals surface area (Å²) in [6.07, 6.45) is 5.28. The molecule has 0 radical (unpaired) electrons. The Bertz CT molecular complexity index is 529. The lowest BCUT2D eigenvalue weighted by Gasteiger charge is -2.32. The number of hydrogen-bond donors (Lipinski definition) is 2. The number of carbonyl (C=O) groups is 1. The lowest BCUT2D eigenvalue weighted by Crippen LogP contribution is -2.48. The molecular weight excluding hydrogens is 314 g/mol. The number of hydrogen-bond acceptors (Lipinski definition) is 3. The Morgan fingerprint density at radius 3 is 2.60 bits per heavy atom. The highest BCUT2D eigenvalue weighted by Crippen LogP contribution is 2.18. The molecule has 3 rings (SSSR count). The third kappa shape index (κ3) is 5.19. The van der Waals surface area contributed by atoms with Crippen LogP contribution in [-0.2, 0) is 6.42 Å². The number of amides is 2. The summed E-state index contributed by atoms with van der Waals surface area (Å²) in [7, 11) is 0. The smallest absolute Gasteiger partial charge is 0.317 e. The van der Waals surface area contributed by atoms with Crippen LogP contribution in [0.25, 0.3) is 0 Å². The Morgan fingerprint density at radius 1 is 1.12 bits per heavy atom. The van der Waals surface area contributed by atoms with Crippen LogP contribution in [0.2, 0.25) is 0 Å². The van der Waals surface area contributed by atoms with Crippen LogP contribution in [0.3, 0.4) is 0 Å². The molecule has 0 saturated carbocycles. The topological polar surface area (TPSA) is 55.8 Å². The highest BCUT2D eigenvalue weighted by Gasteiger charge is 2.26. The average molecular weight is 345 g/mol. The van der Waals surface area contributed by atoms with Crippen LogP contribution in [0.4, 0.5) is 4.79 Å². The molecule has 0 aliphatic carbocycles. The van der Waals surface area contributed by atoms with Gasteiger partial charge in [0, 0.05) is 38.8 Å². The Morgan fingerprint density at radius 2 is 1.88 bits per heavy atom. The molecule has 1 aromatic carbocycles. The van der Waals surface area contributed by atoms with Crippen molar-refractivity contribution in [2.45, 2.75) is 38.1 Å². The Balaban J connectivity index is 1.40. The minimum absolute atomic E-state index is 0.0614. The molecule has 138 valence electrons. The molecular formula is C20H31N3O2. The molecule has 2 saturated heterocycles. The van der Waals surface area contributed by atoms with Crippen molar-refractivity contribution in [3.05, 3.63) is 35.9 Å². The Hall–Kier alpha value is -1.59. The van der Waals surface area contributed by atoms with E-state index in [1.54, 1.807) is 0 Å². The summed E-state index contributed by atoms with van der Waals surface area (Å²) in [5, 5.41) is 12.3. The van der Waals surface area contributed by atoms with E-state index < -0.39 is 0 Å². The van der Waals surface area contributed by atoms with Gasteiger partial charge in [-0.1, -0.05) is 30.3 Å². The van der Waals surface area contributed by atoms with Gasteiger partial charge in [0.05, 0.1) is 0 Å². The van der Waals surface area contributed by atoms with E-state index in [0.29, 0.717) is 12.0 Å². The van der Waals surface area contributed by atoms with Crippen molar-refractivity contribution < 1.29 is 9.90 Å². The number of piperidine rings is 1. The van der Waals surface area contributed by atoms with Crippen molar-refractivity contribution in [2.75, 3.05) is 39.3 Å². The molecule has 1 atom stereocenters. The maximum atomic E-state index is 12.4.